The minimum absolute atomic E-state index is 0.0199. The Morgan fingerprint density at radius 1 is 1.00 bits per heavy atom. The van der Waals surface area contributed by atoms with Gasteiger partial charge in [0.15, 0.2) is 0 Å². The minimum atomic E-state index is -0.338. The maximum absolute atomic E-state index is 11.6. The maximum Gasteiger partial charge on any atom is 0.303 e. The summed E-state index contributed by atoms with van der Waals surface area (Å²) in [5.41, 5.74) is 0.983. The number of para-hydroxylation sites is 1. The zero-order valence-corrected chi connectivity index (χ0v) is 14.5. The highest BCUT2D eigenvalue weighted by molar-refractivity contribution is 5.66. The lowest BCUT2D eigenvalue weighted by Crippen LogP contribution is -2.33. The van der Waals surface area contributed by atoms with Crippen molar-refractivity contribution in [3.63, 3.8) is 0 Å². The van der Waals surface area contributed by atoms with Crippen molar-refractivity contribution in [2.75, 3.05) is 27.2 Å². The third-order valence-electron chi connectivity index (χ3n) is 3.66. The number of carbonyl (C=O) groups is 1. The first-order valence-corrected chi connectivity index (χ1v) is 8.11. The Morgan fingerprint density at radius 2 is 1.58 bits per heavy atom. The normalized spacial score (nSPS) is 13.3. The van der Waals surface area contributed by atoms with Crippen LogP contribution in [0.4, 0.5) is 0 Å². The van der Waals surface area contributed by atoms with E-state index in [-0.39, 0.29) is 18.0 Å². The van der Waals surface area contributed by atoms with Gasteiger partial charge in [-0.25, -0.2) is 0 Å². The highest BCUT2D eigenvalue weighted by Crippen LogP contribution is 2.28. The molecule has 0 radical (unpaired) electrons. The summed E-state index contributed by atoms with van der Waals surface area (Å²) in [5.74, 6) is 0.551. The summed E-state index contributed by atoms with van der Waals surface area (Å²) < 4.78 is 11.6. The Bertz CT molecular complexity index is 613. The molecule has 0 aromatic heterocycles. The largest absolute Gasteiger partial charge is 0.493 e. The van der Waals surface area contributed by atoms with E-state index >= 15 is 0 Å². The van der Waals surface area contributed by atoms with Crippen molar-refractivity contribution in [2.24, 2.45) is 5.92 Å². The molecule has 0 aliphatic carbocycles. The summed E-state index contributed by atoms with van der Waals surface area (Å²) in [4.78, 5) is 13.7. The third-order valence-corrected chi connectivity index (χ3v) is 3.66. The first-order valence-electron chi connectivity index (χ1n) is 8.11. The van der Waals surface area contributed by atoms with Crippen LogP contribution in [0.25, 0.3) is 0 Å². The smallest absolute Gasteiger partial charge is 0.303 e. The fraction of sp³-hybridized carbons (Fsp3) is 0.350. The van der Waals surface area contributed by atoms with Crippen molar-refractivity contribution in [3.8, 4) is 5.75 Å². The highest BCUT2D eigenvalue weighted by Gasteiger charge is 2.27. The number of hydrogen-bond donors (Lipinski definition) is 0. The molecule has 128 valence electrons. The molecule has 0 heterocycles. The van der Waals surface area contributed by atoms with Crippen LogP contribution >= 0.6 is 0 Å². The molecule has 2 atom stereocenters. The van der Waals surface area contributed by atoms with Gasteiger partial charge in [0.05, 0.1) is 6.61 Å². The van der Waals surface area contributed by atoms with Crippen LogP contribution in [-0.4, -0.2) is 38.1 Å². The molecule has 2 unspecified atom stereocenters. The lowest BCUT2D eigenvalue weighted by molar-refractivity contribution is -0.150. The molecule has 0 aliphatic heterocycles. The van der Waals surface area contributed by atoms with Gasteiger partial charge < -0.3 is 14.4 Å². The van der Waals surface area contributed by atoms with E-state index in [9.17, 15) is 4.79 Å². The number of hydrogen-bond acceptors (Lipinski definition) is 4. The van der Waals surface area contributed by atoms with Gasteiger partial charge >= 0.3 is 5.97 Å². The van der Waals surface area contributed by atoms with Crippen molar-refractivity contribution >= 4 is 5.97 Å². The van der Waals surface area contributed by atoms with E-state index < -0.39 is 0 Å². The molecule has 2 rings (SSSR count). The Labute approximate surface area is 144 Å². The van der Waals surface area contributed by atoms with Gasteiger partial charge in [-0.2, -0.15) is 0 Å². The van der Waals surface area contributed by atoms with Gasteiger partial charge in [-0.15, -0.1) is 0 Å². The van der Waals surface area contributed by atoms with E-state index in [0.717, 1.165) is 17.9 Å². The molecular formula is C20H25NO3. The number of nitrogens with zero attached hydrogens (tertiary/aromatic N) is 1. The standard InChI is InChI=1S/C20H25NO3/c1-16(22)24-20(17-10-6-4-7-11-17)18(14-21(2)3)15-23-19-12-8-5-9-13-19/h4-13,18,20H,14-15H2,1-3H3. The topological polar surface area (TPSA) is 38.8 Å². The molecule has 0 saturated heterocycles. The van der Waals surface area contributed by atoms with E-state index in [0.29, 0.717) is 6.61 Å². The molecule has 4 heteroatoms. The number of esters is 1. The molecule has 0 amide bonds. The average Bonchev–Trinajstić information content (AvgIpc) is 2.58. The number of ether oxygens (including phenoxy) is 2. The second-order valence-corrected chi connectivity index (χ2v) is 6.09. The van der Waals surface area contributed by atoms with Gasteiger partial charge in [0, 0.05) is 19.4 Å². The van der Waals surface area contributed by atoms with Crippen LogP contribution in [0, 0.1) is 5.92 Å². The molecule has 2 aromatic rings. The lowest BCUT2D eigenvalue weighted by Gasteiger charge is -2.29. The Morgan fingerprint density at radius 3 is 2.12 bits per heavy atom. The predicted molar refractivity (Wildman–Crippen MR) is 94.9 cm³/mol. The summed E-state index contributed by atoms with van der Waals surface area (Å²) in [6.45, 7) is 2.66. The average molecular weight is 327 g/mol. The predicted octanol–water partition coefficient (Wildman–Crippen LogP) is 3.55. The number of carbonyl (C=O) groups excluding carboxylic acids is 1. The van der Waals surface area contributed by atoms with E-state index in [1.165, 1.54) is 6.92 Å². The highest BCUT2D eigenvalue weighted by atomic mass is 16.5. The van der Waals surface area contributed by atoms with Crippen LogP contribution in [0.2, 0.25) is 0 Å². The number of rotatable bonds is 8. The second-order valence-electron chi connectivity index (χ2n) is 6.09. The number of benzene rings is 2. The van der Waals surface area contributed by atoms with Gasteiger partial charge in [0.25, 0.3) is 0 Å². The van der Waals surface area contributed by atoms with E-state index in [4.69, 9.17) is 9.47 Å². The molecule has 0 saturated carbocycles. The van der Waals surface area contributed by atoms with Crippen LogP contribution in [0.1, 0.15) is 18.6 Å². The van der Waals surface area contributed by atoms with Gasteiger partial charge in [-0.05, 0) is 31.8 Å². The summed E-state index contributed by atoms with van der Waals surface area (Å²) in [6, 6.07) is 19.5. The van der Waals surface area contributed by atoms with Gasteiger partial charge in [-0.3, -0.25) is 4.79 Å². The third kappa shape index (κ3) is 5.70. The summed E-state index contributed by atoms with van der Waals surface area (Å²) in [7, 11) is 4.01. The van der Waals surface area contributed by atoms with Crippen LogP contribution in [0.5, 0.6) is 5.75 Å². The van der Waals surface area contributed by atoms with Crippen molar-refractivity contribution in [1.29, 1.82) is 0 Å². The van der Waals surface area contributed by atoms with E-state index in [1.807, 2.05) is 74.8 Å². The fourth-order valence-electron chi connectivity index (χ4n) is 2.68. The zero-order valence-electron chi connectivity index (χ0n) is 14.5. The second kappa shape index (κ2) is 9.08. The summed E-state index contributed by atoms with van der Waals surface area (Å²) in [5, 5.41) is 0. The summed E-state index contributed by atoms with van der Waals surface area (Å²) >= 11 is 0. The van der Waals surface area contributed by atoms with Crippen LogP contribution in [0.3, 0.4) is 0 Å². The zero-order chi connectivity index (χ0) is 17.4. The molecule has 0 bridgehead atoms. The monoisotopic (exact) mass is 327 g/mol. The molecule has 0 spiro atoms. The quantitative estimate of drug-likeness (QED) is 0.695. The first-order chi connectivity index (χ1) is 11.6. The Balaban J connectivity index is 2.19. The van der Waals surface area contributed by atoms with E-state index in [1.54, 1.807) is 0 Å². The Kier molecular flexibility index (Phi) is 6.82. The van der Waals surface area contributed by atoms with Crippen LogP contribution in [0.15, 0.2) is 60.7 Å². The lowest BCUT2D eigenvalue weighted by atomic mass is 9.95. The minimum Gasteiger partial charge on any atom is -0.493 e. The molecule has 0 aliphatic rings. The molecule has 4 nitrogen and oxygen atoms in total. The Hall–Kier alpha value is -2.33. The van der Waals surface area contributed by atoms with Crippen LogP contribution < -0.4 is 4.74 Å². The van der Waals surface area contributed by atoms with Crippen molar-refractivity contribution in [3.05, 3.63) is 66.2 Å². The first kappa shape index (κ1) is 18.0. The SMILES string of the molecule is CC(=O)OC(c1ccccc1)C(COc1ccccc1)CN(C)C. The molecule has 24 heavy (non-hydrogen) atoms. The van der Waals surface area contributed by atoms with Crippen molar-refractivity contribution < 1.29 is 14.3 Å². The summed E-state index contributed by atoms with van der Waals surface area (Å²) in [6.07, 6.45) is -0.338. The molecular weight excluding hydrogens is 302 g/mol. The molecule has 0 N–H and O–H groups in total. The van der Waals surface area contributed by atoms with Crippen molar-refractivity contribution in [2.45, 2.75) is 13.0 Å². The van der Waals surface area contributed by atoms with Gasteiger partial charge in [0.2, 0.25) is 0 Å². The van der Waals surface area contributed by atoms with Gasteiger partial charge in [0.1, 0.15) is 11.9 Å². The van der Waals surface area contributed by atoms with Gasteiger partial charge in [-0.1, -0.05) is 48.5 Å². The van der Waals surface area contributed by atoms with E-state index in [2.05, 4.69) is 4.90 Å². The molecule has 0 fully saturated rings. The fourth-order valence-corrected chi connectivity index (χ4v) is 2.68. The van der Waals surface area contributed by atoms with Crippen LogP contribution in [-0.2, 0) is 9.53 Å². The molecule has 2 aromatic carbocycles. The maximum atomic E-state index is 11.6. The van der Waals surface area contributed by atoms with Crippen molar-refractivity contribution in [1.82, 2.24) is 4.90 Å².